The average molecular weight is 268 g/mol. The molecular formula is C12H7F3N2O2. The number of methoxy groups -OCH3 is 1. The van der Waals surface area contributed by atoms with Crippen LogP contribution in [-0.2, 0) is 6.18 Å². The SMILES string of the molecule is C#Cc1c(C(F)(F)F)nc2cc(OC)ccn2c1=O. The van der Waals surface area contributed by atoms with Gasteiger partial charge in [0.05, 0.1) is 7.11 Å². The maximum Gasteiger partial charge on any atom is 0.434 e. The fourth-order valence-electron chi connectivity index (χ4n) is 1.58. The third-order valence-electron chi connectivity index (χ3n) is 2.45. The number of hydrogen-bond donors (Lipinski definition) is 0. The molecule has 0 aliphatic rings. The lowest BCUT2D eigenvalue weighted by atomic mass is 10.2. The molecule has 19 heavy (non-hydrogen) atoms. The molecule has 98 valence electrons. The fraction of sp³-hybridized carbons (Fsp3) is 0.167. The van der Waals surface area contributed by atoms with Gasteiger partial charge in [0.1, 0.15) is 17.0 Å². The van der Waals surface area contributed by atoms with E-state index in [1.165, 1.54) is 25.4 Å². The zero-order valence-corrected chi connectivity index (χ0v) is 9.65. The van der Waals surface area contributed by atoms with E-state index >= 15 is 0 Å². The number of hydrogen-bond acceptors (Lipinski definition) is 3. The van der Waals surface area contributed by atoms with Gasteiger partial charge in [-0.25, -0.2) is 4.98 Å². The second kappa shape index (κ2) is 4.31. The molecule has 0 aliphatic heterocycles. The van der Waals surface area contributed by atoms with Crippen LogP contribution in [0.3, 0.4) is 0 Å². The summed E-state index contributed by atoms with van der Waals surface area (Å²) in [4.78, 5) is 15.3. The van der Waals surface area contributed by atoms with E-state index in [-0.39, 0.29) is 11.4 Å². The molecule has 0 saturated carbocycles. The lowest BCUT2D eigenvalue weighted by Gasteiger charge is -2.10. The minimum atomic E-state index is -4.79. The monoisotopic (exact) mass is 268 g/mol. The Morgan fingerprint density at radius 1 is 1.47 bits per heavy atom. The number of halogens is 3. The first-order chi connectivity index (χ1) is 8.88. The quantitative estimate of drug-likeness (QED) is 0.739. The first-order valence-electron chi connectivity index (χ1n) is 5.02. The van der Waals surface area contributed by atoms with Crippen molar-refractivity contribution < 1.29 is 17.9 Å². The van der Waals surface area contributed by atoms with Gasteiger partial charge in [-0.05, 0) is 6.07 Å². The summed E-state index contributed by atoms with van der Waals surface area (Å²) in [5.41, 5.74) is -3.30. The second-order valence-electron chi connectivity index (χ2n) is 3.58. The standard InChI is InChI=1S/C12H7F3N2O2/c1-3-8-10(12(13,14)15)16-9-6-7(19-2)4-5-17(9)11(8)18/h1,4-6H,2H3. The Morgan fingerprint density at radius 3 is 2.68 bits per heavy atom. The minimum absolute atomic E-state index is 0.185. The summed E-state index contributed by atoms with van der Waals surface area (Å²) in [5, 5.41) is 0. The number of alkyl halides is 3. The second-order valence-corrected chi connectivity index (χ2v) is 3.58. The zero-order valence-electron chi connectivity index (χ0n) is 9.65. The van der Waals surface area contributed by atoms with E-state index in [0.717, 1.165) is 4.40 Å². The molecule has 0 fully saturated rings. The molecule has 2 aromatic rings. The number of terminal acetylenes is 1. The van der Waals surface area contributed by atoms with Crippen molar-refractivity contribution in [2.24, 2.45) is 0 Å². The van der Waals surface area contributed by atoms with Crippen LogP contribution in [0.25, 0.3) is 5.65 Å². The van der Waals surface area contributed by atoms with Gasteiger partial charge in [0, 0.05) is 12.3 Å². The molecule has 7 heteroatoms. The van der Waals surface area contributed by atoms with Crippen molar-refractivity contribution in [3.05, 3.63) is 39.9 Å². The van der Waals surface area contributed by atoms with E-state index in [0.29, 0.717) is 0 Å². The van der Waals surface area contributed by atoms with E-state index < -0.39 is 23.0 Å². The van der Waals surface area contributed by atoms with Gasteiger partial charge in [0.2, 0.25) is 0 Å². The normalized spacial score (nSPS) is 11.3. The predicted molar refractivity (Wildman–Crippen MR) is 61.0 cm³/mol. The molecule has 0 spiro atoms. The average Bonchev–Trinajstić information content (AvgIpc) is 2.36. The van der Waals surface area contributed by atoms with Gasteiger partial charge < -0.3 is 4.74 Å². The summed E-state index contributed by atoms with van der Waals surface area (Å²) in [6.07, 6.45) is 1.43. The van der Waals surface area contributed by atoms with E-state index in [2.05, 4.69) is 4.98 Å². The number of pyridine rings is 1. The van der Waals surface area contributed by atoms with Crippen LogP contribution >= 0.6 is 0 Å². The molecule has 4 nitrogen and oxygen atoms in total. The highest BCUT2D eigenvalue weighted by Gasteiger charge is 2.37. The van der Waals surface area contributed by atoms with Crippen LogP contribution in [0.4, 0.5) is 13.2 Å². The maximum absolute atomic E-state index is 12.8. The number of nitrogens with zero attached hydrogens (tertiary/aromatic N) is 2. The molecule has 0 unspecified atom stereocenters. The highest BCUT2D eigenvalue weighted by atomic mass is 19.4. The number of aromatic nitrogens is 2. The van der Waals surface area contributed by atoms with Crippen molar-refractivity contribution in [2.75, 3.05) is 7.11 Å². The Labute approximate surface area is 105 Å². The van der Waals surface area contributed by atoms with Crippen LogP contribution in [0, 0.1) is 12.3 Å². The van der Waals surface area contributed by atoms with Crippen molar-refractivity contribution in [1.82, 2.24) is 9.38 Å². The summed E-state index contributed by atoms with van der Waals surface area (Å²) < 4.78 is 44.2. The van der Waals surface area contributed by atoms with Crippen molar-refractivity contribution >= 4 is 5.65 Å². The fourth-order valence-corrected chi connectivity index (χ4v) is 1.58. The molecule has 0 aliphatic carbocycles. The lowest BCUT2D eigenvalue weighted by Crippen LogP contribution is -2.25. The Morgan fingerprint density at radius 2 is 2.16 bits per heavy atom. The van der Waals surface area contributed by atoms with Gasteiger partial charge in [-0.15, -0.1) is 6.42 Å². The third-order valence-corrected chi connectivity index (χ3v) is 2.45. The predicted octanol–water partition coefficient (Wildman–Crippen LogP) is 1.70. The summed E-state index contributed by atoms with van der Waals surface area (Å²) in [7, 11) is 1.35. The van der Waals surface area contributed by atoms with Crippen LogP contribution in [0.5, 0.6) is 5.75 Å². The van der Waals surface area contributed by atoms with Gasteiger partial charge in [0.25, 0.3) is 5.56 Å². The molecule has 2 rings (SSSR count). The van der Waals surface area contributed by atoms with Crippen LogP contribution in [0.1, 0.15) is 11.3 Å². The zero-order chi connectivity index (χ0) is 14.2. The van der Waals surface area contributed by atoms with Crippen LogP contribution in [0.15, 0.2) is 23.1 Å². The molecular weight excluding hydrogens is 261 g/mol. The first-order valence-corrected chi connectivity index (χ1v) is 5.02. The topological polar surface area (TPSA) is 43.6 Å². The van der Waals surface area contributed by atoms with Crippen LogP contribution < -0.4 is 10.3 Å². The van der Waals surface area contributed by atoms with Gasteiger partial charge >= 0.3 is 6.18 Å². The Hall–Kier alpha value is -2.49. The van der Waals surface area contributed by atoms with E-state index in [1.54, 1.807) is 5.92 Å². The van der Waals surface area contributed by atoms with Gasteiger partial charge in [-0.2, -0.15) is 13.2 Å². The van der Waals surface area contributed by atoms with Gasteiger partial charge in [0.15, 0.2) is 5.69 Å². The highest BCUT2D eigenvalue weighted by molar-refractivity contribution is 5.49. The van der Waals surface area contributed by atoms with Crippen molar-refractivity contribution in [1.29, 1.82) is 0 Å². The van der Waals surface area contributed by atoms with E-state index in [4.69, 9.17) is 11.2 Å². The summed E-state index contributed by atoms with van der Waals surface area (Å²) >= 11 is 0. The molecule has 0 aromatic carbocycles. The number of rotatable bonds is 1. The molecule has 0 radical (unpaired) electrons. The summed E-state index contributed by atoms with van der Waals surface area (Å²) in [6.45, 7) is 0. The molecule has 0 atom stereocenters. The highest BCUT2D eigenvalue weighted by Crippen LogP contribution is 2.29. The van der Waals surface area contributed by atoms with Crippen molar-refractivity contribution in [3.63, 3.8) is 0 Å². The molecule has 0 bridgehead atoms. The van der Waals surface area contributed by atoms with Crippen molar-refractivity contribution in [2.45, 2.75) is 6.18 Å². The Balaban J connectivity index is 2.91. The Bertz CT molecular complexity index is 741. The van der Waals surface area contributed by atoms with Gasteiger partial charge in [-0.3, -0.25) is 9.20 Å². The minimum Gasteiger partial charge on any atom is -0.497 e. The van der Waals surface area contributed by atoms with Crippen LogP contribution in [-0.4, -0.2) is 16.5 Å². The lowest BCUT2D eigenvalue weighted by molar-refractivity contribution is -0.141. The third kappa shape index (κ3) is 2.12. The smallest absolute Gasteiger partial charge is 0.434 e. The first kappa shape index (κ1) is 13.0. The summed E-state index contributed by atoms with van der Waals surface area (Å²) in [5.74, 6) is 2.03. The molecule has 0 saturated heterocycles. The molecule has 2 aromatic heterocycles. The van der Waals surface area contributed by atoms with Crippen LogP contribution in [0.2, 0.25) is 0 Å². The molecule has 0 N–H and O–H groups in total. The Kier molecular flexibility index (Phi) is 2.94. The number of fused-ring (bicyclic) bond motifs is 1. The van der Waals surface area contributed by atoms with Gasteiger partial charge in [-0.1, -0.05) is 5.92 Å². The number of ether oxygens (including phenoxy) is 1. The summed E-state index contributed by atoms with van der Waals surface area (Å²) in [6, 6.07) is 2.64. The van der Waals surface area contributed by atoms with E-state index in [1.807, 2.05) is 0 Å². The maximum atomic E-state index is 12.8. The molecule has 2 heterocycles. The molecule has 0 amide bonds. The largest absolute Gasteiger partial charge is 0.497 e. The van der Waals surface area contributed by atoms with E-state index in [9.17, 15) is 18.0 Å². The van der Waals surface area contributed by atoms with Crippen molar-refractivity contribution in [3.8, 4) is 18.1 Å².